The van der Waals surface area contributed by atoms with Gasteiger partial charge >= 0.3 is 10.1 Å². The van der Waals surface area contributed by atoms with E-state index in [4.69, 9.17) is 14.7 Å². The highest BCUT2D eigenvalue weighted by atomic mass is 32.3. The number of rotatable bonds is 3. The molecule has 1 aromatic carbocycles. The lowest BCUT2D eigenvalue weighted by Gasteiger charge is -2.24. The van der Waals surface area contributed by atoms with Crippen molar-refractivity contribution >= 4 is 21.5 Å². The van der Waals surface area contributed by atoms with Crippen molar-refractivity contribution in [2.24, 2.45) is 5.73 Å². The standard InChI is InChI=1S/C14H16N2O4S2/c1-8-14(21-9(2)16-8)22(17,18)20-13-5-3-4-12-11(13)6-10(15)7-19-12/h3-5,10H,6-7,15H2,1-2H3. The maximum Gasteiger partial charge on any atom is 0.350 e. The third kappa shape index (κ3) is 2.81. The van der Waals surface area contributed by atoms with E-state index in [1.165, 1.54) is 0 Å². The summed E-state index contributed by atoms with van der Waals surface area (Å²) in [5.41, 5.74) is 7.01. The van der Waals surface area contributed by atoms with Crippen LogP contribution in [0.2, 0.25) is 0 Å². The Morgan fingerprint density at radius 1 is 1.41 bits per heavy atom. The summed E-state index contributed by atoms with van der Waals surface area (Å²) in [4.78, 5) is 4.13. The number of ether oxygens (including phenoxy) is 1. The minimum absolute atomic E-state index is 0.128. The zero-order chi connectivity index (χ0) is 15.9. The van der Waals surface area contributed by atoms with E-state index in [-0.39, 0.29) is 16.0 Å². The van der Waals surface area contributed by atoms with Crippen LogP contribution in [-0.4, -0.2) is 26.1 Å². The number of hydrogen-bond donors (Lipinski definition) is 1. The van der Waals surface area contributed by atoms with Gasteiger partial charge in [-0.05, 0) is 32.4 Å². The molecule has 1 aliphatic rings. The quantitative estimate of drug-likeness (QED) is 0.857. The fourth-order valence-corrected chi connectivity index (χ4v) is 4.77. The second-order valence-corrected chi connectivity index (χ2v) is 8.10. The maximum atomic E-state index is 12.5. The van der Waals surface area contributed by atoms with Gasteiger partial charge in [0.15, 0.2) is 4.21 Å². The van der Waals surface area contributed by atoms with E-state index in [1.807, 2.05) is 0 Å². The molecule has 1 atom stereocenters. The third-order valence-corrected chi connectivity index (χ3v) is 6.18. The second-order valence-electron chi connectivity index (χ2n) is 5.15. The van der Waals surface area contributed by atoms with Gasteiger partial charge in [0.25, 0.3) is 0 Å². The molecule has 0 saturated carbocycles. The highest BCUT2D eigenvalue weighted by molar-refractivity contribution is 7.89. The number of aryl methyl sites for hydroxylation is 2. The molecule has 3 rings (SSSR count). The number of nitrogens with two attached hydrogens (primary N) is 1. The molecule has 1 aliphatic heterocycles. The Morgan fingerprint density at radius 3 is 2.86 bits per heavy atom. The van der Waals surface area contributed by atoms with Crippen LogP contribution in [0, 0.1) is 13.8 Å². The van der Waals surface area contributed by atoms with Gasteiger partial charge in [-0.2, -0.15) is 8.42 Å². The van der Waals surface area contributed by atoms with Crippen molar-refractivity contribution in [3.05, 3.63) is 34.5 Å². The molecule has 0 saturated heterocycles. The van der Waals surface area contributed by atoms with Crippen LogP contribution in [-0.2, 0) is 16.5 Å². The molecule has 22 heavy (non-hydrogen) atoms. The second kappa shape index (κ2) is 5.53. The topological polar surface area (TPSA) is 91.5 Å². The highest BCUT2D eigenvalue weighted by Gasteiger charge is 2.27. The van der Waals surface area contributed by atoms with Crippen LogP contribution in [0.5, 0.6) is 11.5 Å². The fraction of sp³-hybridized carbons (Fsp3) is 0.357. The van der Waals surface area contributed by atoms with Gasteiger partial charge in [0.2, 0.25) is 0 Å². The van der Waals surface area contributed by atoms with Crippen molar-refractivity contribution in [2.75, 3.05) is 6.61 Å². The van der Waals surface area contributed by atoms with Crippen LogP contribution < -0.4 is 14.7 Å². The molecule has 0 radical (unpaired) electrons. The zero-order valence-electron chi connectivity index (χ0n) is 12.2. The summed E-state index contributed by atoms with van der Waals surface area (Å²) in [6.45, 7) is 3.82. The van der Waals surface area contributed by atoms with Crippen LogP contribution >= 0.6 is 11.3 Å². The van der Waals surface area contributed by atoms with E-state index < -0.39 is 10.1 Å². The van der Waals surface area contributed by atoms with Gasteiger partial charge in [-0.15, -0.1) is 11.3 Å². The number of nitrogens with zero attached hydrogens (tertiary/aromatic N) is 1. The van der Waals surface area contributed by atoms with E-state index in [1.54, 1.807) is 32.0 Å². The van der Waals surface area contributed by atoms with Crippen LogP contribution in [0.25, 0.3) is 0 Å². The number of hydrogen-bond acceptors (Lipinski definition) is 7. The molecule has 0 bridgehead atoms. The Labute approximate surface area is 133 Å². The number of benzene rings is 1. The summed E-state index contributed by atoms with van der Waals surface area (Å²) in [5, 5.41) is 0.681. The Morgan fingerprint density at radius 2 is 2.18 bits per heavy atom. The first-order chi connectivity index (χ1) is 10.4. The third-order valence-electron chi connectivity index (χ3n) is 3.30. The Bertz CT molecular complexity index is 814. The molecular formula is C14H16N2O4S2. The van der Waals surface area contributed by atoms with Gasteiger partial charge in [-0.1, -0.05) is 6.07 Å². The first kappa shape index (κ1) is 15.3. The maximum absolute atomic E-state index is 12.5. The van der Waals surface area contributed by atoms with E-state index >= 15 is 0 Å². The molecule has 0 spiro atoms. The lowest BCUT2D eigenvalue weighted by Crippen LogP contribution is -2.34. The molecule has 8 heteroatoms. The Hall–Kier alpha value is -1.64. The lowest BCUT2D eigenvalue weighted by molar-refractivity contribution is 0.261. The van der Waals surface area contributed by atoms with Gasteiger partial charge in [0, 0.05) is 11.6 Å². The first-order valence-corrected chi connectivity index (χ1v) is 8.98. The molecule has 1 aromatic heterocycles. The number of thiazole rings is 1. The average molecular weight is 340 g/mol. The van der Waals surface area contributed by atoms with Gasteiger partial charge in [-0.25, -0.2) is 4.98 Å². The molecule has 0 fully saturated rings. The largest absolute Gasteiger partial charge is 0.492 e. The summed E-state index contributed by atoms with van der Waals surface area (Å²) in [6.07, 6.45) is 0.516. The summed E-state index contributed by atoms with van der Waals surface area (Å²) in [7, 11) is -3.91. The van der Waals surface area contributed by atoms with Crippen molar-refractivity contribution < 1.29 is 17.3 Å². The zero-order valence-corrected chi connectivity index (χ0v) is 13.8. The van der Waals surface area contributed by atoms with Crippen molar-refractivity contribution in [1.82, 2.24) is 4.98 Å². The van der Waals surface area contributed by atoms with Gasteiger partial charge in [-0.3, -0.25) is 0 Å². The van der Waals surface area contributed by atoms with Gasteiger partial charge < -0.3 is 14.7 Å². The molecule has 2 N–H and O–H groups in total. The predicted octanol–water partition coefficient (Wildman–Crippen LogP) is 1.79. The van der Waals surface area contributed by atoms with E-state index in [0.717, 1.165) is 11.3 Å². The average Bonchev–Trinajstić information content (AvgIpc) is 2.79. The summed E-state index contributed by atoms with van der Waals surface area (Å²) in [6, 6.07) is 4.92. The Balaban J connectivity index is 1.98. The summed E-state index contributed by atoms with van der Waals surface area (Å²) < 4.78 is 35.9. The van der Waals surface area contributed by atoms with Crippen LogP contribution in [0.15, 0.2) is 22.4 Å². The molecule has 2 aromatic rings. The molecule has 2 heterocycles. The predicted molar refractivity (Wildman–Crippen MR) is 83.0 cm³/mol. The minimum Gasteiger partial charge on any atom is -0.492 e. The van der Waals surface area contributed by atoms with Crippen LogP contribution in [0.4, 0.5) is 0 Å². The van der Waals surface area contributed by atoms with E-state index in [9.17, 15) is 8.42 Å². The first-order valence-electron chi connectivity index (χ1n) is 6.75. The monoisotopic (exact) mass is 340 g/mol. The van der Waals surface area contributed by atoms with Crippen molar-refractivity contribution in [2.45, 2.75) is 30.5 Å². The van der Waals surface area contributed by atoms with Crippen LogP contribution in [0.3, 0.4) is 0 Å². The molecule has 6 nitrogen and oxygen atoms in total. The SMILES string of the molecule is Cc1nc(C)c(S(=O)(=O)Oc2cccc3c2CC(N)CO3)s1. The molecule has 118 valence electrons. The molecule has 0 amide bonds. The van der Waals surface area contributed by atoms with E-state index in [0.29, 0.717) is 35.0 Å². The van der Waals surface area contributed by atoms with Crippen LogP contribution in [0.1, 0.15) is 16.3 Å². The highest BCUT2D eigenvalue weighted by Crippen LogP contribution is 2.35. The molecule has 0 aliphatic carbocycles. The number of fused-ring (bicyclic) bond motifs is 1. The Kier molecular flexibility index (Phi) is 3.84. The van der Waals surface area contributed by atoms with E-state index in [2.05, 4.69) is 4.98 Å². The number of aromatic nitrogens is 1. The molecular weight excluding hydrogens is 324 g/mol. The normalized spacial score (nSPS) is 17.7. The van der Waals surface area contributed by atoms with Crippen molar-refractivity contribution in [3.8, 4) is 11.5 Å². The lowest BCUT2D eigenvalue weighted by atomic mass is 10.0. The summed E-state index contributed by atoms with van der Waals surface area (Å²) in [5.74, 6) is 0.879. The summed E-state index contributed by atoms with van der Waals surface area (Å²) >= 11 is 1.10. The minimum atomic E-state index is -3.91. The van der Waals surface area contributed by atoms with Gasteiger partial charge in [0.05, 0.1) is 10.7 Å². The van der Waals surface area contributed by atoms with Crippen molar-refractivity contribution in [1.29, 1.82) is 0 Å². The smallest absolute Gasteiger partial charge is 0.350 e. The fourth-order valence-electron chi connectivity index (χ4n) is 2.38. The molecule has 1 unspecified atom stereocenters. The van der Waals surface area contributed by atoms with Gasteiger partial charge in [0.1, 0.15) is 18.1 Å². The van der Waals surface area contributed by atoms with Crippen molar-refractivity contribution in [3.63, 3.8) is 0 Å².